The standard InChI is InChI=1S/C24H20N4O3/c1-16(23(30)27-25-15-18-11-5-8-14-21(18)29)28-22(17-9-3-2-4-10-17)26-20-13-7-6-12-19(20)24(28)31/h2-16,29H,1H3,(H,27,30)/t16-/m0/s1. The fourth-order valence-corrected chi connectivity index (χ4v) is 3.27. The number of aromatic nitrogens is 2. The van der Waals surface area contributed by atoms with E-state index in [1.54, 1.807) is 43.3 Å². The molecule has 0 unspecified atom stereocenters. The van der Waals surface area contributed by atoms with Crippen LogP contribution < -0.4 is 11.0 Å². The van der Waals surface area contributed by atoms with Crippen LogP contribution in [0.3, 0.4) is 0 Å². The van der Waals surface area contributed by atoms with Gasteiger partial charge in [-0.15, -0.1) is 0 Å². The number of hydrogen-bond donors (Lipinski definition) is 2. The molecule has 0 aliphatic heterocycles. The van der Waals surface area contributed by atoms with Crippen LogP contribution in [0.4, 0.5) is 0 Å². The third kappa shape index (κ3) is 4.06. The predicted molar refractivity (Wildman–Crippen MR) is 120 cm³/mol. The Balaban J connectivity index is 1.72. The van der Waals surface area contributed by atoms with E-state index >= 15 is 0 Å². The van der Waals surface area contributed by atoms with Gasteiger partial charge < -0.3 is 5.11 Å². The average Bonchev–Trinajstić information content (AvgIpc) is 2.80. The van der Waals surface area contributed by atoms with Gasteiger partial charge in [0.2, 0.25) is 0 Å². The number of nitrogens with one attached hydrogen (secondary N) is 1. The summed E-state index contributed by atoms with van der Waals surface area (Å²) in [5, 5.41) is 14.2. The molecule has 4 rings (SSSR count). The van der Waals surface area contributed by atoms with Crippen molar-refractivity contribution in [2.24, 2.45) is 5.10 Å². The number of rotatable bonds is 5. The van der Waals surface area contributed by atoms with Crippen LogP contribution in [0.5, 0.6) is 5.75 Å². The van der Waals surface area contributed by atoms with E-state index in [9.17, 15) is 14.7 Å². The second kappa shape index (κ2) is 8.62. The average molecular weight is 412 g/mol. The minimum atomic E-state index is -0.874. The van der Waals surface area contributed by atoms with Gasteiger partial charge in [-0.2, -0.15) is 5.10 Å². The molecule has 2 N–H and O–H groups in total. The molecule has 0 aliphatic rings. The van der Waals surface area contributed by atoms with E-state index in [2.05, 4.69) is 15.5 Å². The van der Waals surface area contributed by atoms with E-state index in [1.807, 2.05) is 36.4 Å². The first-order chi connectivity index (χ1) is 15.1. The Hall–Kier alpha value is -4.26. The molecule has 154 valence electrons. The van der Waals surface area contributed by atoms with Crippen molar-refractivity contribution in [2.45, 2.75) is 13.0 Å². The third-order valence-electron chi connectivity index (χ3n) is 4.92. The summed E-state index contributed by atoms with van der Waals surface area (Å²) in [4.78, 5) is 30.8. The van der Waals surface area contributed by atoms with Crippen molar-refractivity contribution in [3.8, 4) is 17.1 Å². The number of amides is 1. The summed E-state index contributed by atoms with van der Waals surface area (Å²) >= 11 is 0. The number of para-hydroxylation sites is 2. The van der Waals surface area contributed by atoms with E-state index in [-0.39, 0.29) is 11.3 Å². The molecule has 1 atom stereocenters. The van der Waals surface area contributed by atoms with Crippen LogP contribution >= 0.6 is 0 Å². The Morgan fingerprint density at radius 2 is 1.71 bits per heavy atom. The van der Waals surface area contributed by atoms with E-state index in [1.165, 1.54) is 16.8 Å². The highest BCUT2D eigenvalue weighted by molar-refractivity contribution is 5.87. The summed E-state index contributed by atoms with van der Waals surface area (Å²) in [5.41, 5.74) is 3.88. The minimum Gasteiger partial charge on any atom is -0.507 e. The van der Waals surface area contributed by atoms with Crippen LogP contribution in [0.25, 0.3) is 22.3 Å². The fourth-order valence-electron chi connectivity index (χ4n) is 3.27. The lowest BCUT2D eigenvalue weighted by Gasteiger charge is -2.18. The Morgan fingerprint density at radius 1 is 1.03 bits per heavy atom. The molecule has 1 heterocycles. The first-order valence-corrected chi connectivity index (χ1v) is 9.74. The number of phenolic OH excluding ortho intramolecular Hbond substituents is 1. The lowest BCUT2D eigenvalue weighted by Crippen LogP contribution is -2.35. The molecule has 3 aromatic carbocycles. The van der Waals surface area contributed by atoms with Crippen LogP contribution in [0, 0.1) is 0 Å². The zero-order valence-corrected chi connectivity index (χ0v) is 16.8. The molecule has 7 nitrogen and oxygen atoms in total. The molecule has 1 aromatic heterocycles. The molecule has 0 saturated heterocycles. The number of carbonyl (C=O) groups is 1. The number of nitrogens with zero attached hydrogens (tertiary/aromatic N) is 3. The van der Waals surface area contributed by atoms with Crippen LogP contribution in [0.1, 0.15) is 18.5 Å². The Morgan fingerprint density at radius 3 is 2.48 bits per heavy atom. The van der Waals surface area contributed by atoms with Gasteiger partial charge in [-0.3, -0.25) is 14.2 Å². The molecule has 0 aliphatic carbocycles. The van der Waals surface area contributed by atoms with E-state index in [0.717, 1.165) is 5.56 Å². The van der Waals surface area contributed by atoms with E-state index in [4.69, 9.17) is 0 Å². The molecule has 1 amide bonds. The largest absolute Gasteiger partial charge is 0.507 e. The Bertz CT molecular complexity index is 1330. The summed E-state index contributed by atoms with van der Waals surface area (Å²) in [6, 6.07) is 22.1. The highest BCUT2D eigenvalue weighted by Crippen LogP contribution is 2.22. The van der Waals surface area contributed by atoms with Crippen molar-refractivity contribution in [3.05, 3.63) is 94.8 Å². The molecule has 31 heavy (non-hydrogen) atoms. The Kier molecular flexibility index (Phi) is 5.57. The number of fused-ring (bicyclic) bond motifs is 1. The molecule has 0 saturated carbocycles. The Labute approximate surface area is 178 Å². The first kappa shape index (κ1) is 20.0. The summed E-state index contributed by atoms with van der Waals surface area (Å²) in [6.45, 7) is 1.62. The number of carbonyl (C=O) groups excluding carboxylic acids is 1. The number of benzene rings is 3. The van der Waals surface area contributed by atoms with Gasteiger partial charge in [0.15, 0.2) is 0 Å². The molecule has 4 aromatic rings. The quantitative estimate of drug-likeness (QED) is 0.387. The smallest absolute Gasteiger partial charge is 0.263 e. The van der Waals surface area contributed by atoms with Gasteiger partial charge in [0, 0.05) is 11.1 Å². The summed E-state index contributed by atoms with van der Waals surface area (Å²) in [7, 11) is 0. The van der Waals surface area contributed by atoms with Gasteiger partial charge in [-0.1, -0.05) is 54.6 Å². The van der Waals surface area contributed by atoms with Crippen molar-refractivity contribution in [1.82, 2.24) is 15.0 Å². The molecule has 7 heteroatoms. The third-order valence-corrected chi connectivity index (χ3v) is 4.92. The zero-order valence-electron chi connectivity index (χ0n) is 16.8. The normalized spacial score (nSPS) is 12.2. The maximum Gasteiger partial charge on any atom is 0.263 e. The second-order valence-electron chi connectivity index (χ2n) is 6.96. The predicted octanol–water partition coefficient (Wildman–Crippen LogP) is 3.48. The molecule has 0 bridgehead atoms. The summed E-state index contributed by atoms with van der Waals surface area (Å²) < 4.78 is 1.38. The van der Waals surface area contributed by atoms with Crippen molar-refractivity contribution >= 4 is 23.0 Å². The highest BCUT2D eigenvalue weighted by Gasteiger charge is 2.22. The molecule has 0 fully saturated rings. The van der Waals surface area contributed by atoms with Gasteiger partial charge in [0.25, 0.3) is 11.5 Å². The van der Waals surface area contributed by atoms with Crippen LogP contribution in [0.2, 0.25) is 0 Å². The highest BCUT2D eigenvalue weighted by atomic mass is 16.3. The molecule has 0 spiro atoms. The van der Waals surface area contributed by atoms with Gasteiger partial charge in [-0.05, 0) is 31.2 Å². The second-order valence-corrected chi connectivity index (χ2v) is 6.96. The van der Waals surface area contributed by atoms with Gasteiger partial charge in [0.1, 0.15) is 17.6 Å². The maximum atomic E-state index is 13.3. The van der Waals surface area contributed by atoms with Crippen molar-refractivity contribution in [3.63, 3.8) is 0 Å². The number of hydrazone groups is 1. The molecule has 0 radical (unpaired) electrons. The van der Waals surface area contributed by atoms with Crippen molar-refractivity contribution in [2.75, 3.05) is 0 Å². The van der Waals surface area contributed by atoms with Gasteiger partial charge >= 0.3 is 0 Å². The van der Waals surface area contributed by atoms with Crippen molar-refractivity contribution in [1.29, 1.82) is 0 Å². The molecular weight excluding hydrogens is 392 g/mol. The van der Waals surface area contributed by atoms with E-state index < -0.39 is 11.9 Å². The number of hydrogen-bond acceptors (Lipinski definition) is 5. The molecular formula is C24H20N4O3. The topological polar surface area (TPSA) is 96.6 Å². The van der Waals surface area contributed by atoms with E-state index in [0.29, 0.717) is 22.3 Å². The zero-order chi connectivity index (χ0) is 21.8. The van der Waals surface area contributed by atoms with Crippen LogP contribution in [-0.2, 0) is 4.79 Å². The van der Waals surface area contributed by atoms with Crippen LogP contribution in [0.15, 0.2) is 88.8 Å². The maximum absolute atomic E-state index is 13.3. The SMILES string of the molecule is C[C@@H](C(=O)NN=Cc1ccccc1O)n1c(-c2ccccc2)nc2ccccc2c1=O. The van der Waals surface area contributed by atoms with Gasteiger partial charge in [-0.25, -0.2) is 10.4 Å². The summed E-state index contributed by atoms with van der Waals surface area (Å²) in [6.07, 6.45) is 1.35. The van der Waals surface area contributed by atoms with Crippen LogP contribution in [-0.4, -0.2) is 26.8 Å². The number of phenols is 1. The van der Waals surface area contributed by atoms with Crippen molar-refractivity contribution < 1.29 is 9.90 Å². The first-order valence-electron chi connectivity index (χ1n) is 9.74. The number of aromatic hydroxyl groups is 1. The lowest BCUT2D eigenvalue weighted by atomic mass is 10.1. The minimum absolute atomic E-state index is 0.0508. The van der Waals surface area contributed by atoms with Gasteiger partial charge in [0.05, 0.1) is 17.1 Å². The monoisotopic (exact) mass is 412 g/mol. The summed E-state index contributed by atoms with van der Waals surface area (Å²) in [5.74, 6) is -0.0328. The fraction of sp³-hybridized carbons (Fsp3) is 0.0833. The lowest BCUT2D eigenvalue weighted by molar-refractivity contribution is -0.123.